The summed E-state index contributed by atoms with van der Waals surface area (Å²) in [6, 6.07) is 2.52. The molecule has 0 saturated carbocycles. The number of aromatic nitrogens is 3. The molecule has 34 heavy (non-hydrogen) atoms. The normalized spacial score (nSPS) is 19.7. The zero-order valence-corrected chi connectivity index (χ0v) is 18.9. The fourth-order valence-corrected chi connectivity index (χ4v) is 4.48. The van der Waals surface area contributed by atoms with Gasteiger partial charge < -0.3 is 15.5 Å². The largest absolute Gasteiger partial charge is 0.433 e. The molecule has 8 nitrogen and oxygen atoms in total. The highest BCUT2D eigenvalue weighted by Gasteiger charge is 2.39. The summed E-state index contributed by atoms with van der Waals surface area (Å²) >= 11 is 0. The van der Waals surface area contributed by atoms with Gasteiger partial charge in [0.25, 0.3) is 0 Å². The lowest BCUT2D eigenvalue weighted by atomic mass is 9.98. The second-order valence-corrected chi connectivity index (χ2v) is 9.03. The molecule has 0 spiro atoms. The Bertz CT molecular complexity index is 1060. The number of nitrogens with zero attached hydrogens (tertiary/aromatic N) is 5. The minimum absolute atomic E-state index is 0.00190. The molecule has 2 aromatic heterocycles. The molecule has 1 fully saturated rings. The monoisotopic (exact) mass is 476 g/mol. The molecule has 0 radical (unpaired) electrons. The molecule has 4 heterocycles. The second-order valence-electron chi connectivity index (χ2n) is 9.03. The lowest BCUT2D eigenvalue weighted by Gasteiger charge is -2.34. The molecule has 182 valence electrons. The van der Waals surface area contributed by atoms with E-state index in [1.165, 1.54) is 29.4 Å². The highest BCUT2D eigenvalue weighted by molar-refractivity contribution is 5.78. The van der Waals surface area contributed by atoms with Gasteiger partial charge in [0.05, 0.1) is 12.2 Å². The molecule has 2 aliphatic rings. The van der Waals surface area contributed by atoms with Gasteiger partial charge in [-0.1, -0.05) is 6.92 Å². The summed E-state index contributed by atoms with van der Waals surface area (Å²) in [6.45, 7) is 3.04. The number of fused-ring (bicyclic) bond motifs is 1. The smallest absolute Gasteiger partial charge is 0.341 e. The minimum atomic E-state index is -4.64. The Hall–Kier alpha value is -3.08. The van der Waals surface area contributed by atoms with Gasteiger partial charge in [0.15, 0.2) is 11.5 Å². The summed E-state index contributed by atoms with van der Waals surface area (Å²) in [5, 5.41) is 0. The summed E-state index contributed by atoms with van der Waals surface area (Å²) < 4.78 is 41.2. The number of nitrogens with two attached hydrogens (primary N) is 1. The van der Waals surface area contributed by atoms with Gasteiger partial charge in [-0.05, 0) is 30.9 Å². The van der Waals surface area contributed by atoms with Crippen LogP contribution in [0.3, 0.4) is 0 Å². The van der Waals surface area contributed by atoms with Gasteiger partial charge in [-0.3, -0.25) is 14.6 Å². The Morgan fingerprint density at radius 3 is 2.68 bits per heavy atom. The van der Waals surface area contributed by atoms with Gasteiger partial charge in [0, 0.05) is 62.0 Å². The van der Waals surface area contributed by atoms with Crippen LogP contribution in [0.4, 0.5) is 13.2 Å². The Morgan fingerprint density at radius 1 is 1.24 bits per heavy atom. The van der Waals surface area contributed by atoms with E-state index in [0.717, 1.165) is 6.42 Å². The molecule has 2 amide bonds. The lowest BCUT2D eigenvalue weighted by molar-refractivity contribution is -0.142. The highest BCUT2D eigenvalue weighted by atomic mass is 19.4. The molecule has 0 aliphatic carbocycles. The second kappa shape index (κ2) is 9.65. The Balaban J connectivity index is 1.49. The van der Waals surface area contributed by atoms with Crippen molar-refractivity contribution in [3.05, 3.63) is 41.5 Å². The maximum absolute atomic E-state index is 13.7. The van der Waals surface area contributed by atoms with Crippen LogP contribution in [0.25, 0.3) is 11.4 Å². The number of alkyl halides is 3. The molecule has 0 aromatic carbocycles. The molecule has 2 aromatic rings. The zero-order valence-electron chi connectivity index (χ0n) is 18.9. The SMILES string of the molecule is C[C@@H]1CCC(=O)N(C[C@@H](N)CC(=O)N2CCc3c(nc(-c4ccncc4)nc3C(F)(F)F)C2)C1. The predicted octanol–water partition coefficient (Wildman–Crippen LogP) is 2.42. The number of halogens is 3. The number of rotatable bonds is 5. The predicted molar refractivity (Wildman–Crippen MR) is 117 cm³/mol. The Labute approximate surface area is 195 Å². The number of likely N-dealkylation sites (tertiary alicyclic amines) is 1. The molecular weight excluding hydrogens is 449 g/mol. The Kier molecular flexibility index (Phi) is 6.83. The van der Waals surface area contributed by atoms with Crippen molar-refractivity contribution < 1.29 is 22.8 Å². The van der Waals surface area contributed by atoms with Crippen LogP contribution in [0.2, 0.25) is 0 Å². The topological polar surface area (TPSA) is 105 Å². The first kappa shape index (κ1) is 24.1. The number of hydrogen-bond acceptors (Lipinski definition) is 6. The lowest BCUT2D eigenvalue weighted by Crippen LogP contribution is -2.48. The van der Waals surface area contributed by atoms with Crippen LogP contribution in [0.1, 0.15) is 43.1 Å². The van der Waals surface area contributed by atoms with Gasteiger partial charge in [0.2, 0.25) is 11.8 Å². The number of amides is 2. The fourth-order valence-electron chi connectivity index (χ4n) is 4.48. The third-order valence-corrected chi connectivity index (χ3v) is 6.25. The van der Waals surface area contributed by atoms with E-state index < -0.39 is 17.9 Å². The third-order valence-electron chi connectivity index (χ3n) is 6.25. The fraction of sp³-hybridized carbons (Fsp3) is 0.522. The Morgan fingerprint density at radius 2 is 1.97 bits per heavy atom. The van der Waals surface area contributed by atoms with E-state index >= 15 is 0 Å². The molecule has 2 aliphatic heterocycles. The number of carbonyl (C=O) groups excluding carboxylic acids is 2. The first-order valence-electron chi connectivity index (χ1n) is 11.3. The van der Waals surface area contributed by atoms with Gasteiger partial charge in [0.1, 0.15) is 0 Å². The van der Waals surface area contributed by atoms with Crippen LogP contribution in [-0.2, 0) is 28.7 Å². The summed E-state index contributed by atoms with van der Waals surface area (Å²) in [7, 11) is 0. The summed E-state index contributed by atoms with van der Waals surface area (Å²) in [5.41, 5.74) is 5.82. The van der Waals surface area contributed by atoms with Crippen molar-refractivity contribution in [2.24, 2.45) is 11.7 Å². The summed E-state index contributed by atoms with van der Waals surface area (Å²) in [4.78, 5) is 40.3. The third kappa shape index (κ3) is 5.35. The van der Waals surface area contributed by atoms with Crippen LogP contribution in [0, 0.1) is 5.92 Å². The standard InChI is InChI=1S/C23H27F3N6O2/c1-14-2-3-19(33)32(11-14)12-16(27)10-20(34)31-9-6-17-18(13-31)29-22(15-4-7-28-8-5-15)30-21(17)23(24,25)26/h4-5,7-8,14,16H,2-3,6,9-13,27H2,1H3/t14-,16+/m1/s1. The van der Waals surface area contributed by atoms with Gasteiger partial charge in [-0.25, -0.2) is 9.97 Å². The van der Waals surface area contributed by atoms with Crippen molar-refractivity contribution in [3.8, 4) is 11.4 Å². The van der Waals surface area contributed by atoms with E-state index in [9.17, 15) is 22.8 Å². The summed E-state index contributed by atoms with van der Waals surface area (Å²) in [6.07, 6.45) is -0.397. The molecule has 0 unspecified atom stereocenters. The van der Waals surface area contributed by atoms with Crippen molar-refractivity contribution in [2.45, 2.75) is 51.4 Å². The molecule has 11 heteroatoms. The average molecular weight is 477 g/mol. The van der Waals surface area contributed by atoms with Crippen molar-refractivity contribution in [1.82, 2.24) is 24.8 Å². The molecule has 2 atom stereocenters. The van der Waals surface area contributed by atoms with Crippen LogP contribution < -0.4 is 5.73 Å². The number of hydrogen-bond donors (Lipinski definition) is 1. The van der Waals surface area contributed by atoms with E-state index in [1.807, 2.05) is 0 Å². The van der Waals surface area contributed by atoms with E-state index in [-0.39, 0.29) is 61.4 Å². The number of pyridine rings is 1. The number of carbonyl (C=O) groups is 2. The van der Waals surface area contributed by atoms with Crippen LogP contribution >= 0.6 is 0 Å². The first-order valence-corrected chi connectivity index (χ1v) is 11.3. The highest BCUT2D eigenvalue weighted by Crippen LogP contribution is 2.35. The van der Waals surface area contributed by atoms with Crippen molar-refractivity contribution >= 4 is 11.8 Å². The maximum Gasteiger partial charge on any atom is 0.433 e. The minimum Gasteiger partial charge on any atom is -0.341 e. The number of piperidine rings is 1. The van der Waals surface area contributed by atoms with Gasteiger partial charge in [-0.2, -0.15) is 13.2 Å². The van der Waals surface area contributed by atoms with Crippen LogP contribution in [0.5, 0.6) is 0 Å². The van der Waals surface area contributed by atoms with E-state index in [1.54, 1.807) is 4.90 Å². The van der Waals surface area contributed by atoms with E-state index in [4.69, 9.17) is 5.73 Å². The molecule has 1 saturated heterocycles. The molecular formula is C23H27F3N6O2. The van der Waals surface area contributed by atoms with Crippen molar-refractivity contribution in [2.75, 3.05) is 19.6 Å². The van der Waals surface area contributed by atoms with Crippen LogP contribution in [0.15, 0.2) is 24.5 Å². The molecule has 4 rings (SSSR count). The average Bonchev–Trinajstić information content (AvgIpc) is 2.80. The van der Waals surface area contributed by atoms with E-state index in [0.29, 0.717) is 24.4 Å². The van der Waals surface area contributed by atoms with Crippen LogP contribution in [-0.4, -0.2) is 62.2 Å². The quantitative estimate of drug-likeness (QED) is 0.711. The zero-order chi connectivity index (χ0) is 24.5. The summed E-state index contributed by atoms with van der Waals surface area (Å²) in [5.74, 6) is 0.0923. The van der Waals surface area contributed by atoms with E-state index in [2.05, 4.69) is 21.9 Å². The molecule has 2 N–H and O–H groups in total. The van der Waals surface area contributed by atoms with Gasteiger partial charge in [-0.15, -0.1) is 0 Å². The van der Waals surface area contributed by atoms with Crippen molar-refractivity contribution in [1.29, 1.82) is 0 Å². The molecule has 0 bridgehead atoms. The van der Waals surface area contributed by atoms with Gasteiger partial charge >= 0.3 is 6.18 Å². The maximum atomic E-state index is 13.7. The van der Waals surface area contributed by atoms with Crippen molar-refractivity contribution in [3.63, 3.8) is 0 Å². The first-order chi connectivity index (χ1) is 16.1.